The number of anilines is 2. The highest BCUT2D eigenvalue weighted by Crippen LogP contribution is 2.43. The highest BCUT2D eigenvalue weighted by Gasteiger charge is 2.33. The Morgan fingerprint density at radius 1 is 1.00 bits per heavy atom. The largest absolute Gasteiger partial charge is 0.473 e. The van der Waals surface area contributed by atoms with Crippen molar-refractivity contribution in [2.24, 2.45) is 0 Å². The molecule has 0 N–H and O–H groups in total. The van der Waals surface area contributed by atoms with Gasteiger partial charge in [0.15, 0.2) is 0 Å². The molecule has 142 valence electrons. The Morgan fingerprint density at radius 2 is 1.83 bits per heavy atom. The van der Waals surface area contributed by atoms with E-state index in [1.54, 1.807) is 17.2 Å². The number of nitrogens with zero attached hydrogens (tertiary/aromatic N) is 3. The molecule has 2 aromatic carbocycles. The summed E-state index contributed by atoms with van der Waals surface area (Å²) in [6, 6.07) is 19.3. The van der Waals surface area contributed by atoms with Crippen LogP contribution in [0.1, 0.15) is 21.6 Å². The topological polar surface area (TPSA) is 55.3 Å². The summed E-state index contributed by atoms with van der Waals surface area (Å²) >= 11 is 3.48. The first-order valence-electron chi connectivity index (χ1n) is 9.19. The number of carbonyl (C=O) groups is 1. The zero-order valence-electron chi connectivity index (χ0n) is 15.6. The molecule has 3 heterocycles. The van der Waals surface area contributed by atoms with Crippen LogP contribution in [0.4, 0.5) is 11.4 Å². The Morgan fingerprint density at radius 3 is 2.62 bits per heavy atom. The molecule has 0 spiro atoms. The molecule has 2 aromatic heterocycles. The molecule has 4 aromatic rings. The molecule has 0 bridgehead atoms. The van der Waals surface area contributed by atoms with Crippen LogP contribution < -0.4 is 9.64 Å². The van der Waals surface area contributed by atoms with Gasteiger partial charge in [0.1, 0.15) is 11.2 Å². The van der Waals surface area contributed by atoms with Gasteiger partial charge in [-0.1, -0.05) is 42.5 Å². The number of rotatable bonds is 4. The number of amides is 1. The molecule has 5 rings (SSSR count). The van der Waals surface area contributed by atoms with E-state index in [9.17, 15) is 4.79 Å². The van der Waals surface area contributed by atoms with Crippen molar-refractivity contribution < 1.29 is 9.53 Å². The molecular weight excluding hydrogens is 430 g/mol. The second-order valence-electron chi connectivity index (χ2n) is 6.83. The SMILES string of the molecule is Cc1nc(OCc2ccccc2)ccc1N1C(=O)c2cccc3c(Br)ncc1c23. The third-order valence-corrected chi connectivity index (χ3v) is 5.65. The number of benzene rings is 2. The molecule has 5 nitrogen and oxygen atoms in total. The molecule has 0 fully saturated rings. The summed E-state index contributed by atoms with van der Waals surface area (Å²) in [6.45, 7) is 2.32. The van der Waals surface area contributed by atoms with Gasteiger partial charge in [-0.15, -0.1) is 0 Å². The number of carbonyl (C=O) groups excluding carboxylic acids is 1. The third-order valence-electron chi connectivity index (χ3n) is 5.02. The lowest BCUT2D eigenvalue weighted by atomic mass is 10.1. The van der Waals surface area contributed by atoms with E-state index >= 15 is 0 Å². The summed E-state index contributed by atoms with van der Waals surface area (Å²) in [7, 11) is 0. The van der Waals surface area contributed by atoms with Crippen LogP contribution in [0.25, 0.3) is 10.8 Å². The van der Waals surface area contributed by atoms with E-state index in [4.69, 9.17) is 4.74 Å². The average Bonchev–Trinajstić information content (AvgIpc) is 3.03. The number of hydrogen-bond donors (Lipinski definition) is 0. The van der Waals surface area contributed by atoms with Crippen LogP contribution in [0.5, 0.6) is 5.88 Å². The summed E-state index contributed by atoms with van der Waals surface area (Å²) in [4.78, 5) is 23.8. The van der Waals surface area contributed by atoms with Crippen molar-refractivity contribution in [3.05, 3.63) is 88.3 Å². The van der Waals surface area contributed by atoms with Crippen LogP contribution >= 0.6 is 15.9 Å². The Kier molecular flexibility index (Phi) is 4.28. The van der Waals surface area contributed by atoms with Crippen LogP contribution in [-0.2, 0) is 6.61 Å². The van der Waals surface area contributed by atoms with E-state index in [0.29, 0.717) is 23.7 Å². The van der Waals surface area contributed by atoms with Crippen LogP contribution in [-0.4, -0.2) is 15.9 Å². The zero-order chi connectivity index (χ0) is 20.0. The van der Waals surface area contributed by atoms with Gasteiger partial charge in [-0.05, 0) is 40.5 Å². The lowest BCUT2D eigenvalue weighted by Crippen LogP contribution is -2.22. The van der Waals surface area contributed by atoms with Crippen molar-refractivity contribution in [2.45, 2.75) is 13.5 Å². The van der Waals surface area contributed by atoms with Crippen molar-refractivity contribution >= 4 is 44.0 Å². The second-order valence-corrected chi connectivity index (χ2v) is 7.58. The first-order chi connectivity index (χ1) is 14.1. The smallest absolute Gasteiger partial charge is 0.263 e. The normalized spacial score (nSPS) is 12.6. The summed E-state index contributed by atoms with van der Waals surface area (Å²) < 4.78 is 6.55. The quantitative estimate of drug-likeness (QED) is 0.385. The molecule has 6 heteroatoms. The van der Waals surface area contributed by atoms with Crippen molar-refractivity contribution in [2.75, 3.05) is 4.90 Å². The summed E-state index contributed by atoms with van der Waals surface area (Å²) in [5.74, 6) is 0.451. The molecule has 1 aliphatic heterocycles. The minimum Gasteiger partial charge on any atom is -0.473 e. The zero-order valence-corrected chi connectivity index (χ0v) is 17.2. The molecule has 0 saturated carbocycles. The number of halogens is 1. The minimum atomic E-state index is -0.0756. The number of aromatic nitrogens is 2. The molecule has 0 aliphatic carbocycles. The molecule has 0 atom stereocenters. The van der Waals surface area contributed by atoms with E-state index < -0.39 is 0 Å². The third kappa shape index (κ3) is 2.96. The highest BCUT2D eigenvalue weighted by molar-refractivity contribution is 9.10. The number of ether oxygens (including phenoxy) is 1. The predicted octanol–water partition coefficient (Wildman–Crippen LogP) is 5.57. The molecular formula is C23H16BrN3O2. The molecule has 0 saturated heterocycles. The van der Waals surface area contributed by atoms with Gasteiger partial charge in [-0.25, -0.2) is 9.97 Å². The monoisotopic (exact) mass is 445 g/mol. The van der Waals surface area contributed by atoms with Gasteiger partial charge in [0.05, 0.1) is 28.8 Å². The number of aryl methyl sites for hydroxylation is 1. The lowest BCUT2D eigenvalue weighted by Gasteiger charge is -2.20. The van der Waals surface area contributed by atoms with E-state index in [-0.39, 0.29) is 5.91 Å². The standard InChI is InChI=1S/C23H16BrN3O2/c1-14-18(10-11-20(26-14)29-13-15-6-3-2-4-7-15)27-19-12-25-22(24)16-8-5-9-17(21(16)19)23(27)28/h2-12H,13H2,1H3. The second kappa shape index (κ2) is 6.97. The minimum absolute atomic E-state index is 0.0756. The van der Waals surface area contributed by atoms with Gasteiger partial charge < -0.3 is 4.74 Å². The Hall–Kier alpha value is -3.25. The van der Waals surface area contributed by atoms with E-state index in [1.807, 2.05) is 61.5 Å². The maximum atomic E-state index is 13.2. The fourth-order valence-electron chi connectivity index (χ4n) is 3.65. The Bertz CT molecular complexity index is 1260. The van der Waals surface area contributed by atoms with Crippen LogP contribution in [0.3, 0.4) is 0 Å². The number of hydrogen-bond acceptors (Lipinski definition) is 4. The molecule has 0 radical (unpaired) electrons. The first kappa shape index (κ1) is 17.8. The molecule has 1 amide bonds. The van der Waals surface area contributed by atoms with Crippen LogP contribution in [0, 0.1) is 6.92 Å². The fourth-order valence-corrected chi connectivity index (χ4v) is 4.08. The predicted molar refractivity (Wildman–Crippen MR) is 116 cm³/mol. The van der Waals surface area contributed by atoms with Crippen molar-refractivity contribution in [3.8, 4) is 5.88 Å². The lowest BCUT2D eigenvalue weighted by molar-refractivity contribution is 0.100. The van der Waals surface area contributed by atoms with Crippen molar-refractivity contribution in [1.82, 2.24) is 9.97 Å². The van der Waals surface area contributed by atoms with Gasteiger partial charge in [0.2, 0.25) is 5.88 Å². The van der Waals surface area contributed by atoms with Crippen LogP contribution in [0.2, 0.25) is 0 Å². The summed E-state index contributed by atoms with van der Waals surface area (Å²) in [5, 5.41) is 1.83. The van der Waals surface area contributed by atoms with Gasteiger partial charge in [0, 0.05) is 16.8 Å². The van der Waals surface area contributed by atoms with Crippen LogP contribution in [0.15, 0.2) is 71.5 Å². The Balaban J connectivity index is 1.49. The first-order valence-corrected chi connectivity index (χ1v) is 9.99. The van der Waals surface area contributed by atoms with Crippen molar-refractivity contribution in [1.29, 1.82) is 0 Å². The van der Waals surface area contributed by atoms with E-state index in [2.05, 4.69) is 25.9 Å². The highest BCUT2D eigenvalue weighted by atomic mass is 79.9. The summed E-state index contributed by atoms with van der Waals surface area (Å²) in [5.41, 5.74) is 3.96. The van der Waals surface area contributed by atoms with E-state index in [1.165, 1.54) is 0 Å². The van der Waals surface area contributed by atoms with E-state index in [0.717, 1.165) is 32.3 Å². The molecule has 29 heavy (non-hydrogen) atoms. The van der Waals surface area contributed by atoms with Gasteiger partial charge in [-0.3, -0.25) is 9.69 Å². The van der Waals surface area contributed by atoms with Gasteiger partial charge >= 0.3 is 0 Å². The maximum absolute atomic E-state index is 13.2. The average molecular weight is 446 g/mol. The van der Waals surface area contributed by atoms with Crippen molar-refractivity contribution in [3.63, 3.8) is 0 Å². The van der Waals surface area contributed by atoms with Gasteiger partial charge in [-0.2, -0.15) is 0 Å². The van der Waals surface area contributed by atoms with Gasteiger partial charge in [0.25, 0.3) is 5.91 Å². The Labute approximate surface area is 176 Å². The summed E-state index contributed by atoms with van der Waals surface area (Å²) in [6.07, 6.45) is 1.72. The fraction of sp³-hybridized carbons (Fsp3) is 0.0870. The number of pyridine rings is 2. The molecule has 0 unspecified atom stereocenters. The maximum Gasteiger partial charge on any atom is 0.263 e. The molecule has 1 aliphatic rings.